The Morgan fingerprint density at radius 2 is 1.75 bits per heavy atom. The van der Waals surface area contributed by atoms with Gasteiger partial charge in [-0.3, -0.25) is 4.79 Å². The second kappa shape index (κ2) is 9.20. The number of hydrogen-bond donors (Lipinski definition) is 0. The average molecular weight is 396 g/mol. The van der Waals surface area contributed by atoms with E-state index in [1.165, 1.54) is 0 Å². The van der Waals surface area contributed by atoms with Crippen LogP contribution in [-0.2, 0) is 9.53 Å². The fourth-order valence-corrected chi connectivity index (χ4v) is 2.72. The van der Waals surface area contributed by atoms with E-state index in [4.69, 9.17) is 44.3 Å². The molecular weight excluding hydrogens is 379 g/mol. The lowest BCUT2D eigenvalue weighted by Gasteiger charge is -2.34. The summed E-state index contributed by atoms with van der Waals surface area (Å²) < 4.78 is 10.4. The van der Waals surface area contributed by atoms with Crippen molar-refractivity contribution in [2.45, 2.75) is 0 Å². The maximum absolute atomic E-state index is 12.2. The third kappa shape index (κ3) is 5.33. The minimum Gasteiger partial charge on any atom is -0.482 e. The number of amides is 2. The van der Waals surface area contributed by atoms with Crippen LogP contribution in [0.5, 0.6) is 5.75 Å². The minimum absolute atomic E-state index is 0.127. The number of carbonyl (C=O) groups is 2. The van der Waals surface area contributed by atoms with Crippen molar-refractivity contribution in [1.82, 2.24) is 9.80 Å². The van der Waals surface area contributed by atoms with Crippen molar-refractivity contribution in [1.29, 1.82) is 0 Å². The standard InChI is InChI=1S/C15H17Cl3N2O4/c16-3-8-23-15(22)20-6-4-19(5-7-20)14(21)10-24-13-2-1-11(17)9-12(13)18/h1-2,9H,3-8,10H2. The van der Waals surface area contributed by atoms with Gasteiger partial charge in [0.15, 0.2) is 6.61 Å². The Morgan fingerprint density at radius 1 is 1.08 bits per heavy atom. The van der Waals surface area contributed by atoms with E-state index < -0.39 is 6.09 Å². The van der Waals surface area contributed by atoms with Gasteiger partial charge in [0.1, 0.15) is 12.4 Å². The summed E-state index contributed by atoms with van der Waals surface area (Å²) in [5.41, 5.74) is 0. The smallest absolute Gasteiger partial charge is 0.409 e. The first-order chi connectivity index (χ1) is 11.5. The van der Waals surface area contributed by atoms with E-state index in [0.717, 1.165) is 0 Å². The summed E-state index contributed by atoms with van der Waals surface area (Å²) in [5.74, 6) is 0.488. The second-order valence-electron chi connectivity index (χ2n) is 5.03. The van der Waals surface area contributed by atoms with E-state index >= 15 is 0 Å². The van der Waals surface area contributed by atoms with Gasteiger partial charge in [0.2, 0.25) is 0 Å². The molecule has 1 fully saturated rings. The van der Waals surface area contributed by atoms with Crippen LogP contribution in [0.1, 0.15) is 0 Å². The van der Waals surface area contributed by atoms with Crippen molar-refractivity contribution < 1.29 is 19.1 Å². The van der Waals surface area contributed by atoms with Crippen LogP contribution in [0.3, 0.4) is 0 Å². The SMILES string of the molecule is O=C(COc1ccc(Cl)cc1Cl)N1CCN(C(=O)OCCCl)CC1. The molecule has 6 nitrogen and oxygen atoms in total. The van der Waals surface area contributed by atoms with Gasteiger partial charge in [0.05, 0.1) is 10.9 Å². The number of alkyl halides is 1. The van der Waals surface area contributed by atoms with E-state index in [1.54, 1.807) is 28.0 Å². The minimum atomic E-state index is -0.410. The number of nitrogens with zero attached hydrogens (tertiary/aromatic N) is 2. The summed E-state index contributed by atoms with van der Waals surface area (Å²) >= 11 is 17.3. The highest BCUT2D eigenvalue weighted by atomic mass is 35.5. The first-order valence-electron chi connectivity index (χ1n) is 7.34. The van der Waals surface area contributed by atoms with Gasteiger partial charge >= 0.3 is 6.09 Å². The topological polar surface area (TPSA) is 59.1 Å². The van der Waals surface area contributed by atoms with Crippen molar-refractivity contribution >= 4 is 46.8 Å². The van der Waals surface area contributed by atoms with E-state index in [0.29, 0.717) is 42.0 Å². The fourth-order valence-electron chi connectivity index (χ4n) is 2.18. The molecule has 1 saturated heterocycles. The third-order valence-electron chi connectivity index (χ3n) is 3.44. The quantitative estimate of drug-likeness (QED) is 0.719. The van der Waals surface area contributed by atoms with Crippen LogP contribution in [0.2, 0.25) is 10.0 Å². The zero-order chi connectivity index (χ0) is 17.5. The molecule has 0 saturated carbocycles. The molecule has 0 unspecified atom stereocenters. The Hall–Kier alpha value is -1.37. The van der Waals surface area contributed by atoms with Crippen LogP contribution in [0.4, 0.5) is 4.79 Å². The Bertz CT molecular complexity index is 592. The fraction of sp³-hybridized carbons (Fsp3) is 0.467. The number of benzene rings is 1. The molecule has 2 amide bonds. The molecule has 1 aliphatic rings. The summed E-state index contributed by atoms with van der Waals surface area (Å²) in [6.07, 6.45) is -0.410. The molecule has 2 rings (SSSR count). The molecule has 0 N–H and O–H groups in total. The maximum atomic E-state index is 12.2. The van der Waals surface area contributed by atoms with Crippen LogP contribution in [0.25, 0.3) is 0 Å². The lowest BCUT2D eigenvalue weighted by atomic mass is 10.3. The number of carbonyl (C=O) groups excluding carboxylic acids is 2. The lowest BCUT2D eigenvalue weighted by molar-refractivity contribution is -0.134. The van der Waals surface area contributed by atoms with Gasteiger partial charge in [-0.2, -0.15) is 0 Å². The Balaban J connectivity index is 1.77. The highest BCUT2D eigenvalue weighted by molar-refractivity contribution is 6.35. The van der Waals surface area contributed by atoms with Crippen molar-refractivity contribution in [2.24, 2.45) is 0 Å². The van der Waals surface area contributed by atoms with Crippen LogP contribution >= 0.6 is 34.8 Å². The number of halogens is 3. The normalized spacial score (nSPS) is 14.5. The Kier molecular flexibility index (Phi) is 7.27. The van der Waals surface area contributed by atoms with Crippen LogP contribution in [0, 0.1) is 0 Å². The number of rotatable bonds is 5. The molecular formula is C15H17Cl3N2O4. The van der Waals surface area contributed by atoms with Crippen LogP contribution in [0.15, 0.2) is 18.2 Å². The van der Waals surface area contributed by atoms with Crippen LogP contribution < -0.4 is 4.74 Å². The van der Waals surface area contributed by atoms with E-state index in [2.05, 4.69) is 0 Å². The van der Waals surface area contributed by atoms with E-state index in [1.807, 2.05) is 0 Å². The summed E-state index contributed by atoms with van der Waals surface area (Å²) in [4.78, 5) is 27.1. The van der Waals surface area contributed by atoms with E-state index in [9.17, 15) is 9.59 Å². The number of hydrogen-bond acceptors (Lipinski definition) is 4. The molecule has 0 atom stereocenters. The average Bonchev–Trinajstić information content (AvgIpc) is 2.58. The summed E-state index contributed by atoms with van der Waals surface area (Å²) in [6.45, 7) is 1.72. The molecule has 132 valence electrons. The summed E-state index contributed by atoms with van der Waals surface area (Å²) in [7, 11) is 0. The lowest BCUT2D eigenvalue weighted by Crippen LogP contribution is -2.51. The van der Waals surface area contributed by atoms with Gasteiger partial charge in [-0.1, -0.05) is 23.2 Å². The highest BCUT2D eigenvalue weighted by Crippen LogP contribution is 2.27. The third-order valence-corrected chi connectivity index (χ3v) is 4.12. The Morgan fingerprint density at radius 3 is 2.38 bits per heavy atom. The molecule has 0 aromatic heterocycles. The maximum Gasteiger partial charge on any atom is 0.409 e. The molecule has 9 heteroatoms. The monoisotopic (exact) mass is 394 g/mol. The van der Waals surface area contributed by atoms with Gasteiger partial charge in [0, 0.05) is 31.2 Å². The molecule has 24 heavy (non-hydrogen) atoms. The number of ether oxygens (including phenoxy) is 2. The van der Waals surface area contributed by atoms with Gasteiger partial charge in [-0.15, -0.1) is 11.6 Å². The van der Waals surface area contributed by atoms with E-state index in [-0.39, 0.29) is 25.0 Å². The van der Waals surface area contributed by atoms with Crippen molar-refractivity contribution in [3.63, 3.8) is 0 Å². The predicted molar refractivity (Wildman–Crippen MR) is 92.2 cm³/mol. The zero-order valence-electron chi connectivity index (χ0n) is 12.8. The van der Waals surface area contributed by atoms with Crippen molar-refractivity contribution in [3.05, 3.63) is 28.2 Å². The van der Waals surface area contributed by atoms with Gasteiger partial charge in [-0.25, -0.2) is 4.79 Å². The molecule has 1 aromatic carbocycles. The number of piperazine rings is 1. The van der Waals surface area contributed by atoms with Crippen molar-refractivity contribution in [2.75, 3.05) is 45.3 Å². The first-order valence-corrected chi connectivity index (χ1v) is 8.63. The van der Waals surface area contributed by atoms with Gasteiger partial charge < -0.3 is 19.3 Å². The molecule has 0 spiro atoms. The van der Waals surface area contributed by atoms with Gasteiger partial charge in [0.25, 0.3) is 5.91 Å². The van der Waals surface area contributed by atoms with Gasteiger partial charge in [-0.05, 0) is 18.2 Å². The molecule has 1 aromatic rings. The first kappa shape index (κ1) is 19.0. The largest absolute Gasteiger partial charge is 0.482 e. The molecule has 0 bridgehead atoms. The molecule has 0 radical (unpaired) electrons. The highest BCUT2D eigenvalue weighted by Gasteiger charge is 2.25. The Labute approximate surface area is 155 Å². The van der Waals surface area contributed by atoms with Crippen LogP contribution in [-0.4, -0.2) is 67.1 Å². The summed E-state index contributed by atoms with van der Waals surface area (Å²) in [6, 6.07) is 4.80. The van der Waals surface area contributed by atoms with Crippen molar-refractivity contribution in [3.8, 4) is 5.75 Å². The second-order valence-corrected chi connectivity index (χ2v) is 6.26. The molecule has 0 aliphatic carbocycles. The zero-order valence-corrected chi connectivity index (χ0v) is 15.1. The molecule has 1 heterocycles. The molecule has 1 aliphatic heterocycles. The predicted octanol–water partition coefficient (Wildman–Crippen LogP) is 2.89. The summed E-state index contributed by atoms with van der Waals surface area (Å²) in [5, 5.41) is 0.845.